The van der Waals surface area contributed by atoms with Crippen LogP contribution in [0.5, 0.6) is 0 Å². The first-order valence-electron chi connectivity index (χ1n) is 5.07. The summed E-state index contributed by atoms with van der Waals surface area (Å²) in [6.07, 6.45) is 3.54. The van der Waals surface area contributed by atoms with Crippen LogP contribution in [0.15, 0.2) is 4.34 Å². The van der Waals surface area contributed by atoms with Gasteiger partial charge in [0.05, 0.1) is 0 Å². The summed E-state index contributed by atoms with van der Waals surface area (Å²) in [6.45, 7) is 0.800. The van der Waals surface area contributed by atoms with Crippen LogP contribution >= 0.6 is 23.1 Å². The highest BCUT2D eigenvalue weighted by Crippen LogP contribution is 2.27. The van der Waals surface area contributed by atoms with E-state index in [0.29, 0.717) is 0 Å². The van der Waals surface area contributed by atoms with E-state index in [9.17, 15) is 0 Å². The first-order valence-corrected chi connectivity index (χ1v) is 6.88. The summed E-state index contributed by atoms with van der Waals surface area (Å²) in [5, 5.41) is 9.18. The molecule has 2 N–H and O–H groups in total. The molecular formula is C9H18N4S2. The Bertz CT molecular complexity index is 275. The van der Waals surface area contributed by atoms with E-state index >= 15 is 0 Å². The summed E-state index contributed by atoms with van der Waals surface area (Å²) in [4.78, 5) is 1.98. The molecule has 0 amide bonds. The summed E-state index contributed by atoms with van der Waals surface area (Å²) in [5.74, 6) is 1.11. The van der Waals surface area contributed by atoms with Crippen molar-refractivity contribution in [1.82, 2.24) is 10.2 Å². The lowest BCUT2D eigenvalue weighted by molar-refractivity contribution is 0.732. The molecule has 0 aromatic carbocycles. The molecule has 6 heteroatoms. The van der Waals surface area contributed by atoms with Crippen LogP contribution in [0.1, 0.15) is 19.3 Å². The lowest BCUT2D eigenvalue weighted by atomic mass is 10.2. The number of nitrogens with zero attached hydrogens (tertiary/aromatic N) is 3. The molecule has 1 rings (SSSR count). The predicted octanol–water partition coefficient (Wildman–Crippen LogP) is 1.83. The van der Waals surface area contributed by atoms with Crippen molar-refractivity contribution in [3.8, 4) is 0 Å². The third-order valence-corrected chi connectivity index (χ3v) is 4.16. The molecule has 0 atom stereocenters. The van der Waals surface area contributed by atoms with Crippen LogP contribution in [0.2, 0.25) is 0 Å². The van der Waals surface area contributed by atoms with Crippen molar-refractivity contribution in [2.24, 2.45) is 5.73 Å². The quantitative estimate of drug-likeness (QED) is 0.587. The second-order valence-corrected chi connectivity index (χ2v) is 5.74. The van der Waals surface area contributed by atoms with Crippen LogP contribution in [0.4, 0.5) is 5.13 Å². The molecule has 0 saturated heterocycles. The molecule has 1 aromatic rings. The van der Waals surface area contributed by atoms with Gasteiger partial charge in [0.15, 0.2) is 4.34 Å². The molecule has 0 spiro atoms. The number of hydrogen-bond donors (Lipinski definition) is 1. The third-order valence-electron chi connectivity index (χ3n) is 1.85. The van der Waals surface area contributed by atoms with Gasteiger partial charge < -0.3 is 10.6 Å². The van der Waals surface area contributed by atoms with Gasteiger partial charge in [-0.2, -0.15) is 0 Å². The Morgan fingerprint density at radius 1 is 1.27 bits per heavy atom. The fourth-order valence-corrected chi connectivity index (χ4v) is 2.86. The Kier molecular flexibility index (Phi) is 5.97. The molecule has 1 heterocycles. The zero-order valence-corrected chi connectivity index (χ0v) is 10.9. The van der Waals surface area contributed by atoms with Gasteiger partial charge in [-0.15, -0.1) is 10.2 Å². The summed E-state index contributed by atoms with van der Waals surface area (Å²) in [5.41, 5.74) is 5.43. The summed E-state index contributed by atoms with van der Waals surface area (Å²) >= 11 is 3.43. The Labute approximate surface area is 99.3 Å². The minimum atomic E-state index is 0.800. The highest BCUT2D eigenvalue weighted by molar-refractivity contribution is 8.01. The molecule has 0 unspecified atom stereocenters. The molecule has 1 aromatic heterocycles. The second-order valence-electron chi connectivity index (χ2n) is 3.44. The molecule has 0 aliphatic carbocycles. The fourth-order valence-electron chi connectivity index (χ4n) is 1.02. The van der Waals surface area contributed by atoms with E-state index < -0.39 is 0 Å². The minimum Gasteiger partial charge on any atom is -0.353 e. The lowest BCUT2D eigenvalue weighted by Crippen LogP contribution is -2.07. The number of anilines is 1. The maximum absolute atomic E-state index is 5.43. The number of rotatable bonds is 7. The maximum atomic E-state index is 5.43. The standard InChI is InChI=1S/C9H18N4S2/c1-13(2)8-11-12-9(15-8)14-7-5-3-4-6-10/h3-7,10H2,1-2H3. The van der Waals surface area contributed by atoms with Crippen LogP contribution in [0.25, 0.3) is 0 Å². The first-order chi connectivity index (χ1) is 7.24. The van der Waals surface area contributed by atoms with Gasteiger partial charge in [-0.3, -0.25) is 0 Å². The van der Waals surface area contributed by atoms with E-state index in [2.05, 4.69) is 10.2 Å². The molecule has 0 bridgehead atoms. The average molecular weight is 246 g/mol. The van der Waals surface area contributed by atoms with E-state index in [-0.39, 0.29) is 0 Å². The van der Waals surface area contributed by atoms with Crippen molar-refractivity contribution in [3.05, 3.63) is 0 Å². The van der Waals surface area contributed by atoms with Gasteiger partial charge in [-0.25, -0.2) is 0 Å². The number of thioether (sulfide) groups is 1. The topological polar surface area (TPSA) is 55.0 Å². The van der Waals surface area contributed by atoms with Gasteiger partial charge in [-0.1, -0.05) is 29.5 Å². The highest BCUT2D eigenvalue weighted by atomic mass is 32.2. The molecular weight excluding hydrogens is 228 g/mol. The number of hydrogen-bond acceptors (Lipinski definition) is 6. The average Bonchev–Trinajstić information content (AvgIpc) is 2.66. The van der Waals surface area contributed by atoms with E-state index in [1.165, 1.54) is 12.8 Å². The van der Waals surface area contributed by atoms with Crippen molar-refractivity contribution in [2.45, 2.75) is 23.6 Å². The molecule has 15 heavy (non-hydrogen) atoms. The molecule has 0 saturated carbocycles. The molecule has 0 aliphatic rings. The Hall–Kier alpha value is -0.330. The molecule has 0 fully saturated rings. The molecule has 86 valence electrons. The molecule has 0 radical (unpaired) electrons. The van der Waals surface area contributed by atoms with Gasteiger partial charge in [0, 0.05) is 19.8 Å². The van der Waals surface area contributed by atoms with Gasteiger partial charge in [0.1, 0.15) is 0 Å². The van der Waals surface area contributed by atoms with Crippen molar-refractivity contribution in [2.75, 3.05) is 31.3 Å². The van der Waals surface area contributed by atoms with Gasteiger partial charge in [0.25, 0.3) is 0 Å². The van der Waals surface area contributed by atoms with Crippen LogP contribution in [0.3, 0.4) is 0 Å². The van der Waals surface area contributed by atoms with Crippen molar-refractivity contribution in [3.63, 3.8) is 0 Å². The normalized spacial score (nSPS) is 10.6. The summed E-state index contributed by atoms with van der Waals surface area (Å²) in [7, 11) is 3.96. The summed E-state index contributed by atoms with van der Waals surface area (Å²) in [6, 6.07) is 0. The third kappa shape index (κ3) is 4.81. The van der Waals surface area contributed by atoms with Crippen LogP contribution < -0.4 is 10.6 Å². The van der Waals surface area contributed by atoms with Gasteiger partial charge in [-0.05, 0) is 19.4 Å². The molecule has 4 nitrogen and oxygen atoms in total. The number of aromatic nitrogens is 2. The largest absolute Gasteiger partial charge is 0.353 e. The minimum absolute atomic E-state index is 0.800. The van der Waals surface area contributed by atoms with E-state index in [0.717, 1.165) is 28.2 Å². The zero-order valence-electron chi connectivity index (χ0n) is 9.27. The van der Waals surface area contributed by atoms with Gasteiger partial charge >= 0.3 is 0 Å². The monoisotopic (exact) mass is 246 g/mol. The van der Waals surface area contributed by atoms with E-state index in [1.54, 1.807) is 23.1 Å². The summed E-state index contributed by atoms with van der Waals surface area (Å²) < 4.78 is 1.06. The van der Waals surface area contributed by atoms with Crippen LogP contribution in [-0.4, -0.2) is 36.6 Å². The lowest BCUT2D eigenvalue weighted by Gasteiger charge is -2.03. The maximum Gasteiger partial charge on any atom is 0.208 e. The van der Waals surface area contributed by atoms with Crippen LogP contribution in [-0.2, 0) is 0 Å². The fraction of sp³-hybridized carbons (Fsp3) is 0.778. The SMILES string of the molecule is CN(C)c1nnc(SCCCCCN)s1. The van der Waals surface area contributed by atoms with E-state index in [1.807, 2.05) is 19.0 Å². The number of unbranched alkanes of at least 4 members (excludes halogenated alkanes) is 2. The number of nitrogens with two attached hydrogens (primary N) is 1. The Balaban J connectivity index is 2.20. The second kappa shape index (κ2) is 7.03. The van der Waals surface area contributed by atoms with Crippen LogP contribution in [0, 0.1) is 0 Å². The zero-order chi connectivity index (χ0) is 11.1. The first kappa shape index (κ1) is 12.7. The predicted molar refractivity (Wildman–Crippen MR) is 67.9 cm³/mol. The van der Waals surface area contributed by atoms with Crippen molar-refractivity contribution < 1.29 is 0 Å². The van der Waals surface area contributed by atoms with Crippen molar-refractivity contribution in [1.29, 1.82) is 0 Å². The van der Waals surface area contributed by atoms with Crippen molar-refractivity contribution >= 4 is 28.2 Å². The highest BCUT2D eigenvalue weighted by Gasteiger charge is 2.05. The van der Waals surface area contributed by atoms with Gasteiger partial charge in [0.2, 0.25) is 5.13 Å². The Morgan fingerprint density at radius 2 is 2.07 bits per heavy atom. The smallest absolute Gasteiger partial charge is 0.208 e. The molecule has 0 aliphatic heterocycles. The van der Waals surface area contributed by atoms with E-state index in [4.69, 9.17) is 5.73 Å². The Morgan fingerprint density at radius 3 is 2.67 bits per heavy atom.